The van der Waals surface area contributed by atoms with Gasteiger partial charge in [-0.15, -0.1) is 0 Å². The number of carbonyl (C=O) groups excluding carboxylic acids is 3. The van der Waals surface area contributed by atoms with Crippen molar-refractivity contribution in [1.29, 1.82) is 0 Å². The first kappa shape index (κ1) is 25.2. The third kappa shape index (κ3) is 4.19. The third-order valence-corrected chi connectivity index (χ3v) is 8.12. The minimum atomic E-state index is -0.634. The van der Waals surface area contributed by atoms with E-state index in [4.69, 9.17) is 10.5 Å². The van der Waals surface area contributed by atoms with E-state index in [1.165, 1.54) is 6.33 Å². The SMILES string of the molecule is CCOC(=O)c1cccc2c1c1c(N)ncnc1n2CC(=O)N1[C@H](C(=O)Nc2cccc(Br)n2)C[C@@]2(C)C[C@@H]12. The van der Waals surface area contributed by atoms with E-state index < -0.39 is 12.0 Å². The van der Waals surface area contributed by atoms with Crippen LogP contribution in [0.1, 0.15) is 37.0 Å². The number of hydrogen-bond acceptors (Lipinski definition) is 8. The number of aromatic nitrogens is 4. The summed E-state index contributed by atoms with van der Waals surface area (Å²) in [6.07, 6.45) is 2.74. The lowest BCUT2D eigenvalue weighted by atomic mass is 10.0. The maximum atomic E-state index is 13.9. The summed E-state index contributed by atoms with van der Waals surface area (Å²) in [6, 6.07) is 9.79. The highest BCUT2D eigenvalue weighted by molar-refractivity contribution is 9.10. The third-order valence-electron chi connectivity index (χ3n) is 7.68. The Balaban J connectivity index is 1.37. The van der Waals surface area contributed by atoms with E-state index >= 15 is 0 Å². The first-order valence-electron chi connectivity index (χ1n) is 12.6. The zero-order valence-electron chi connectivity index (χ0n) is 21.3. The Morgan fingerprint density at radius 2 is 1.95 bits per heavy atom. The second-order valence-corrected chi connectivity index (χ2v) is 11.0. The molecule has 200 valence electrons. The number of benzene rings is 1. The van der Waals surface area contributed by atoms with E-state index in [1.807, 2.05) is 0 Å². The van der Waals surface area contributed by atoms with Crippen LogP contribution in [0.3, 0.4) is 0 Å². The van der Waals surface area contributed by atoms with E-state index in [0.717, 1.165) is 6.42 Å². The molecule has 1 aliphatic carbocycles. The van der Waals surface area contributed by atoms with E-state index in [1.54, 1.807) is 52.8 Å². The number of nitrogen functional groups attached to an aromatic ring is 1. The Hall–Kier alpha value is -4.06. The number of hydrogen-bond donors (Lipinski definition) is 2. The molecule has 1 aromatic carbocycles. The van der Waals surface area contributed by atoms with Gasteiger partial charge in [0.25, 0.3) is 0 Å². The number of rotatable bonds is 6. The van der Waals surface area contributed by atoms with Crippen molar-refractivity contribution >= 4 is 67.3 Å². The summed E-state index contributed by atoms with van der Waals surface area (Å²) in [5.41, 5.74) is 7.50. The molecule has 3 N–H and O–H groups in total. The van der Waals surface area contributed by atoms with Crippen molar-refractivity contribution in [2.24, 2.45) is 5.41 Å². The molecule has 0 spiro atoms. The summed E-state index contributed by atoms with van der Waals surface area (Å²) in [7, 11) is 0. The minimum Gasteiger partial charge on any atom is -0.462 e. The van der Waals surface area contributed by atoms with E-state index in [0.29, 0.717) is 44.3 Å². The van der Waals surface area contributed by atoms with Crippen LogP contribution in [0.2, 0.25) is 0 Å². The Kier molecular flexibility index (Phi) is 6.01. The van der Waals surface area contributed by atoms with Crippen molar-refractivity contribution < 1.29 is 19.1 Å². The zero-order valence-corrected chi connectivity index (χ0v) is 22.9. The van der Waals surface area contributed by atoms with Crippen LogP contribution in [0, 0.1) is 5.41 Å². The van der Waals surface area contributed by atoms with Crippen LogP contribution in [-0.2, 0) is 20.9 Å². The highest BCUT2D eigenvalue weighted by Crippen LogP contribution is 2.59. The smallest absolute Gasteiger partial charge is 0.338 e. The first-order chi connectivity index (χ1) is 18.7. The number of nitrogens with one attached hydrogen (secondary N) is 1. The number of fused-ring (bicyclic) bond motifs is 4. The van der Waals surface area contributed by atoms with E-state index in [2.05, 4.69) is 43.1 Å². The van der Waals surface area contributed by atoms with Gasteiger partial charge in [0, 0.05) is 11.4 Å². The summed E-state index contributed by atoms with van der Waals surface area (Å²) in [4.78, 5) is 54.6. The van der Waals surface area contributed by atoms with Gasteiger partial charge in [0.1, 0.15) is 40.8 Å². The number of piperidine rings is 1. The molecular weight excluding hydrogens is 566 g/mol. The van der Waals surface area contributed by atoms with Crippen molar-refractivity contribution in [1.82, 2.24) is 24.4 Å². The second-order valence-electron chi connectivity index (χ2n) is 10.2. The molecule has 0 radical (unpaired) electrons. The molecule has 0 unspecified atom stereocenters. The van der Waals surface area contributed by atoms with Crippen molar-refractivity contribution in [2.75, 3.05) is 17.7 Å². The van der Waals surface area contributed by atoms with Gasteiger partial charge in [-0.05, 0) is 65.4 Å². The van der Waals surface area contributed by atoms with Crippen molar-refractivity contribution in [2.45, 2.75) is 45.3 Å². The fourth-order valence-corrected chi connectivity index (χ4v) is 6.12. The Labute approximate surface area is 231 Å². The lowest BCUT2D eigenvalue weighted by Crippen LogP contribution is -2.46. The number of pyridine rings is 1. The minimum absolute atomic E-state index is 0.0286. The molecule has 3 aromatic heterocycles. The maximum absolute atomic E-state index is 13.9. The molecule has 2 amide bonds. The van der Waals surface area contributed by atoms with E-state index in [9.17, 15) is 14.4 Å². The van der Waals surface area contributed by atoms with Crippen molar-refractivity contribution in [3.05, 3.63) is 52.9 Å². The predicted octanol–water partition coefficient (Wildman–Crippen LogP) is 3.52. The number of halogens is 1. The molecule has 39 heavy (non-hydrogen) atoms. The van der Waals surface area contributed by atoms with E-state index in [-0.39, 0.29) is 42.2 Å². The van der Waals surface area contributed by atoms with Crippen LogP contribution in [0.5, 0.6) is 0 Å². The van der Waals surface area contributed by atoms with Crippen LogP contribution in [0.4, 0.5) is 11.6 Å². The lowest BCUT2D eigenvalue weighted by Gasteiger charge is -2.27. The molecule has 1 saturated heterocycles. The highest BCUT2D eigenvalue weighted by Gasteiger charge is 2.64. The zero-order chi connectivity index (χ0) is 27.5. The van der Waals surface area contributed by atoms with Gasteiger partial charge in [-0.25, -0.2) is 19.7 Å². The summed E-state index contributed by atoms with van der Waals surface area (Å²) < 4.78 is 7.60. The standard InChI is InChI=1S/C27H26BrN7O4/c1-3-39-26(38)14-6-4-7-15-21(14)22-23(29)30-13-31-24(22)34(15)12-20(36)35-16(10-27(2)11-17(27)35)25(37)33-19-9-5-8-18(28)32-19/h4-9,13,16-17H,3,10-12H2,1-2H3,(H2,29,30,31)(H,32,33,37)/t16-,17+,27-/m0/s1. The molecule has 11 nitrogen and oxygen atoms in total. The van der Waals surface area contributed by atoms with Crippen LogP contribution >= 0.6 is 15.9 Å². The summed E-state index contributed by atoms with van der Waals surface area (Å²) in [6.45, 7) is 3.96. The number of esters is 1. The van der Waals surface area contributed by atoms with Gasteiger partial charge in [-0.1, -0.05) is 19.1 Å². The van der Waals surface area contributed by atoms with Crippen LogP contribution in [0.25, 0.3) is 21.9 Å². The number of ether oxygens (including phenoxy) is 1. The molecule has 4 aromatic rings. The molecule has 1 saturated carbocycles. The van der Waals surface area contributed by atoms with Crippen LogP contribution in [0.15, 0.2) is 47.3 Å². The Morgan fingerprint density at radius 3 is 2.72 bits per heavy atom. The Morgan fingerprint density at radius 1 is 1.15 bits per heavy atom. The van der Waals surface area contributed by atoms with Gasteiger partial charge in [-0.3, -0.25) is 9.59 Å². The molecule has 6 rings (SSSR count). The molecule has 2 aliphatic rings. The number of likely N-dealkylation sites (tertiary alicyclic amines) is 1. The fourth-order valence-electron chi connectivity index (χ4n) is 5.78. The number of nitrogens with two attached hydrogens (primary N) is 1. The topological polar surface area (TPSA) is 145 Å². The molecule has 4 heterocycles. The largest absolute Gasteiger partial charge is 0.462 e. The molecule has 0 bridgehead atoms. The van der Waals surface area contributed by atoms with Crippen molar-refractivity contribution in [3.63, 3.8) is 0 Å². The number of anilines is 2. The Bertz CT molecular complexity index is 1670. The fraction of sp³-hybridized carbons (Fsp3) is 0.333. The summed E-state index contributed by atoms with van der Waals surface area (Å²) >= 11 is 3.32. The van der Waals surface area contributed by atoms with Gasteiger partial charge < -0.3 is 25.3 Å². The summed E-state index contributed by atoms with van der Waals surface area (Å²) in [5, 5.41) is 3.87. The van der Waals surface area contributed by atoms with Gasteiger partial charge in [0.15, 0.2) is 0 Å². The number of amides is 2. The summed E-state index contributed by atoms with van der Waals surface area (Å²) in [5.74, 6) is -0.388. The lowest BCUT2D eigenvalue weighted by molar-refractivity contribution is -0.138. The highest BCUT2D eigenvalue weighted by atomic mass is 79.9. The molecule has 1 aliphatic heterocycles. The molecule has 12 heteroatoms. The average Bonchev–Trinajstić information content (AvgIpc) is 3.30. The molecule has 2 fully saturated rings. The van der Waals surface area contributed by atoms with Gasteiger partial charge in [0.2, 0.25) is 11.8 Å². The van der Waals surface area contributed by atoms with Gasteiger partial charge >= 0.3 is 5.97 Å². The van der Waals surface area contributed by atoms with Gasteiger partial charge in [-0.2, -0.15) is 0 Å². The average molecular weight is 592 g/mol. The van der Waals surface area contributed by atoms with Crippen LogP contribution in [-0.4, -0.2) is 60.9 Å². The van der Waals surface area contributed by atoms with Gasteiger partial charge in [0.05, 0.1) is 23.1 Å². The monoisotopic (exact) mass is 591 g/mol. The molecular formula is C27H26BrN7O4. The normalized spacial score (nSPS) is 21.7. The van der Waals surface area contributed by atoms with Crippen LogP contribution < -0.4 is 11.1 Å². The second kappa shape index (κ2) is 9.30. The number of carbonyl (C=O) groups is 3. The van der Waals surface area contributed by atoms with Crippen molar-refractivity contribution in [3.8, 4) is 0 Å². The first-order valence-corrected chi connectivity index (χ1v) is 13.4. The number of nitrogens with zero attached hydrogens (tertiary/aromatic N) is 5. The predicted molar refractivity (Wildman–Crippen MR) is 148 cm³/mol. The molecule has 3 atom stereocenters. The quantitative estimate of drug-likeness (QED) is 0.256. The maximum Gasteiger partial charge on any atom is 0.338 e.